The van der Waals surface area contributed by atoms with Gasteiger partial charge in [0.15, 0.2) is 0 Å². The molecule has 0 saturated carbocycles. The Morgan fingerprint density at radius 3 is 2.25 bits per heavy atom. The van der Waals surface area contributed by atoms with Crippen LogP contribution in [0, 0.1) is 0 Å². The van der Waals surface area contributed by atoms with Crippen LogP contribution in [0.4, 0.5) is 0 Å². The van der Waals surface area contributed by atoms with Crippen molar-refractivity contribution in [2.24, 2.45) is 0 Å². The molecule has 0 unspecified atom stereocenters. The van der Waals surface area contributed by atoms with Crippen LogP contribution < -0.4 is 10.2 Å². The molecular formula is C21H28N3O3S+. The van der Waals surface area contributed by atoms with Gasteiger partial charge in [-0.1, -0.05) is 42.5 Å². The number of rotatable bonds is 7. The van der Waals surface area contributed by atoms with E-state index in [0.29, 0.717) is 31.0 Å². The van der Waals surface area contributed by atoms with Gasteiger partial charge in [-0.05, 0) is 24.1 Å². The average molecular weight is 403 g/mol. The SMILES string of the molecule is CC(=O)NCCc1ccc(S(=O)(=O)N2CC[NH+](Cc3ccccc3)CC2)cc1. The fraction of sp³-hybridized carbons (Fsp3) is 0.381. The van der Waals surface area contributed by atoms with Crippen LogP contribution in [0.3, 0.4) is 0 Å². The molecule has 2 aromatic carbocycles. The van der Waals surface area contributed by atoms with Gasteiger partial charge in [-0.25, -0.2) is 8.42 Å². The van der Waals surface area contributed by atoms with Gasteiger partial charge in [-0.15, -0.1) is 0 Å². The van der Waals surface area contributed by atoms with E-state index in [1.165, 1.54) is 17.4 Å². The molecule has 0 aromatic heterocycles. The van der Waals surface area contributed by atoms with E-state index in [1.54, 1.807) is 16.4 Å². The molecule has 150 valence electrons. The highest BCUT2D eigenvalue weighted by atomic mass is 32.2. The first-order valence-electron chi connectivity index (χ1n) is 9.66. The molecule has 1 heterocycles. The summed E-state index contributed by atoms with van der Waals surface area (Å²) < 4.78 is 27.4. The summed E-state index contributed by atoms with van der Waals surface area (Å²) in [4.78, 5) is 12.7. The van der Waals surface area contributed by atoms with Crippen molar-refractivity contribution in [3.8, 4) is 0 Å². The van der Waals surface area contributed by atoms with Gasteiger partial charge in [-0.2, -0.15) is 4.31 Å². The first-order valence-corrected chi connectivity index (χ1v) is 11.1. The number of carbonyl (C=O) groups excluding carboxylic acids is 1. The quantitative estimate of drug-likeness (QED) is 0.707. The highest BCUT2D eigenvalue weighted by Crippen LogP contribution is 2.16. The van der Waals surface area contributed by atoms with E-state index >= 15 is 0 Å². The van der Waals surface area contributed by atoms with Crippen molar-refractivity contribution in [2.75, 3.05) is 32.7 Å². The summed E-state index contributed by atoms with van der Waals surface area (Å²) in [5.74, 6) is -0.0623. The van der Waals surface area contributed by atoms with Crippen LogP contribution in [0.5, 0.6) is 0 Å². The highest BCUT2D eigenvalue weighted by Gasteiger charge is 2.30. The molecule has 1 aliphatic rings. The zero-order valence-electron chi connectivity index (χ0n) is 16.2. The van der Waals surface area contributed by atoms with E-state index in [0.717, 1.165) is 25.2 Å². The van der Waals surface area contributed by atoms with E-state index in [4.69, 9.17) is 0 Å². The van der Waals surface area contributed by atoms with Crippen molar-refractivity contribution in [3.63, 3.8) is 0 Å². The lowest BCUT2D eigenvalue weighted by Gasteiger charge is -2.31. The molecule has 1 aliphatic heterocycles. The minimum Gasteiger partial charge on any atom is -0.356 e. The standard InChI is InChI=1S/C21H27N3O3S/c1-18(25)22-12-11-19-7-9-21(10-8-19)28(26,27)24-15-13-23(14-16-24)17-20-5-3-2-4-6-20/h2-10H,11-17H2,1H3,(H,22,25)/p+1. The van der Waals surface area contributed by atoms with Crippen molar-refractivity contribution in [1.82, 2.24) is 9.62 Å². The third-order valence-corrected chi connectivity index (χ3v) is 6.99. The Labute approximate surface area is 167 Å². The third-order valence-electron chi connectivity index (χ3n) is 5.08. The van der Waals surface area contributed by atoms with Crippen LogP contribution >= 0.6 is 0 Å². The van der Waals surface area contributed by atoms with E-state index in [-0.39, 0.29) is 5.91 Å². The molecule has 0 atom stereocenters. The van der Waals surface area contributed by atoms with E-state index in [1.807, 2.05) is 30.3 Å². The predicted molar refractivity (Wildman–Crippen MR) is 108 cm³/mol. The summed E-state index contributed by atoms with van der Waals surface area (Å²) >= 11 is 0. The van der Waals surface area contributed by atoms with Crippen molar-refractivity contribution in [3.05, 3.63) is 65.7 Å². The summed E-state index contributed by atoms with van der Waals surface area (Å²) in [5.41, 5.74) is 2.29. The molecule has 0 spiro atoms. The van der Waals surface area contributed by atoms with Crippen molar-refractivity contribution >= 4 is 15.9 Å². The maximum Gasteiger partial charge on any atom is 0.243 e. The first-order chi connectivity index (χ1) is 13.4. The highest BCUT2D eigenvalue weighted by molar-refractivity contribution is 7.89. The molecule has 2 N–H and O–H groups in total. The second-order valence-corrected chi connectivity index (χ2v) is 9.13. The Morgan fingerprint density at radius 2 is 1.64 bits per heavy atom. The Balaban J connectivity index is 1.55. The predicted octanol–water partition coefficient (Wildman–Crippen LogP) is 0.455. The van der Waals surface area contributed by atoms with Crippen LogP contribution in [-0.4, -0.2) is 51.4 Å². The van der Waals surface area contributed by atoms with Crippen molar-refractivity contribution in [2.45, 2.75) is 24.8 Å². The van der Waals surface area contributed by atoms with Gasteiger partial charge < -0.3 is 10.2 Å². The fourth-order valence-electron chi connectivity index (χ4n) is 3.46. The van der Waals surface area contributed by atoms with Gasteiger partial charge in [0, 0.05) is 19.0 Å². The van der Waals surface area contributed by atoms with Crippen LogP contribution in [0.25, 0.3) is 0 Å². The number of amides is 1. The lowest BCUT2D eigenvalue weighted by molar-refractivity contribution is -0.917. The number of quaternary nitrogens is 1. The molecule has 0 bridgehead atoms. The van der Waals surface area contributed by atoms with E-state index < -0.39 is 10.0 Å². The molecule has 6 nitrogen and oxygen atoms in total. The Kier molecular flexibility index (Phi) is 6.83. The fourth-order valence-corrected chi connectivity index (χ4v) is 4.91. The molecular weight excluding hydrogens is 374 g/mol. The van der Waals surface area contributed by atoms with Gasteiger partial charge in [0.05, 0.1) is 31.1 Å². The van der Waals surface area contributed by atoms with Crippen LogP contribution in [-0.2, 0) is 27.8 Å². The van der Waals surface area contributed by atoms with Crippen molar-refractivity contribution in [1.29, 1.82) is 0 Å². The van der Waals surface area contributed by atoms with Crippen LogP contribution in [0.2, 0.25) is 0 Å². The number of hydrogen-bond acceptors (Lipinski definition) is 3. The Bertz CT molecular complexity index is 875. The van der Waals surface area contributed by atoms with Gasteiger partial charge in [-0.3, -0.25) is 4.79 Å². The smallest absolute Gasteiger partial charge is 0.243 e. The van der Waals surface area contributed by atoms with Crippen molar-refractivity contribution < 1.29 is 18.1 Å². The van der Waals surface area contributed by atoms with E-state index in [9.17, 15) is 13.2 Å². The van der Waals surface area contributed by atoms with Crippen LogP contribution in [0.15, 0.2) is 59.5 Å². The molecule has 0 radical (unpaired) electrons. The topological polar surface area (TPSA) is 70.9 Å². The number of hydrogen-bond donors (Lipinski definition) is 2. The monoisotopic (exact) mass is 402 g/mol. The zero-order chi connectivity index (χ0) is 20.0. The Hall–Kier alpha value is -2.22. The first kappa shape index (κ1) is 20.5. The molecule has 3 rings (SSSR count). The minimum atomic E-state index is -3.46. The summed E-state index contributed by atoms with van der Waals surface area (Å²) in [7, 11) is -3.46. The second kappa shape index (κ2) is 9.32. The summed E-state index contributed by atoms with van der Waals surface area (Å²) in [6.07, 6.45) is 0.682. The Morgan fingerprint density at radius 1 is 1.00 bits per heavy atom. The van der Waals surface area contributed by atoms with Gasteiger partial charge in [0.2, 0.25) is 15.9 Å². The number of piperazine rings is 1. The zero-order valence-corrected chi connectivity index (χ0v) is 17.0. The number of nitrogens with one attached hydrogen (secondary N) is 2. The van der Waals surface area contributed by atoms with Gasteiger partial charge in [0.25, 0.3) is 0 Å². The largest absolute Gasteiger partial charge is 0.356 e. The average Bonchev–Trinajstić information content (AvgIpc) is 2.69. The molecule has 1 amide bonds. The van der Waals surface area contributed by atoms with Gasteiger partial charge >= 0.3 is 0 Å². The maximum atomic E-state index is 12.9. The molecule has 1 saturated heterocycles. The molecule has 1 fully saturated rings. The minimum absolute atomic E-state index is 0.0623. The molecule has 7 heteroatoms. The normalized spacial score (nSPS) is 16.0. The third kappa shape index (κ3) is 5.41. The number of carbonyl (C=O) groups is 1. The summed E-state index contributed by atoms with van der Waals surface area (Å²) in [6, 6.07) is 17.3. The molecule has 2 aromatic rings. The van der Waals surface area contributed by atoms with Crippen LogP contribution in [0.1, 0.15) is 18.1 Å². The maximum absolute atomic E-state index is 12.9. The lowest BCUT2D eigenvalue weighted by Crippen LogP contribution is -3.13. The number of benzene rings is 2. The lowest BCUT2D eigenvalue weighted by atomic mass is 10.1. The summed E-state index contributed by atoms with van der Waals surface area (Å²) in [6.45, 7) is 5.65. The summed E-state index contributed by atoms with van der Waals surface area (Å²) in [5, 5.41) is 2.74. The van der Waals surface area contributed by atoms with Gasteiger partial charge in [0.1, 0.15) is 6.54 Å². The number of nitrogens with zero attached hydrogens (tertiary/aromatic N) is 1. The van der Waals surface area contributed by atoms with E-state index in [2.05, 4.69) is 17.4 Å². The number of sulfonamides is 1. The molecule has 28 heavy (non-hydrogen) atoms. The molecule has 0 aliphatic carbocycles. The second-order valence-electron chi connectivity index (χ2n) is 7.19.